The van der Waals surface area contributed by atoms with Crippen LogP contribution in [0, 0.1) is 6.92 Å². The Morgan fingerprint density at radius 1 is 1.00 bits per heavy atom. The van der Waals surface area contributed by atoms with Crippen molar-refractivity contribution in [2.75, 3.05) is 10.0 Å². The molecule has 150 valence electrons. The molecule has 29 heavy (non-hydrogen) atoms. The van der Waals surface area contributed by atoms with Crippen LogP contribution in [0.2, 0.25) is 0 Å². The van der Waals surface area contributed by atoms with Crippen LogP contribution in [0.15, 0.2) is 71.9 Å². The van der Waals surface area contributed by atoms with Crippen LogP contribution in [0.4, 0.5) is 11.6 Å². The number of rotatable bonds is 7. The number of nitrogens with zero attached hydrogens (tertiary/aromatic N) is 2. The molecule has 8 nitrogen and oxygen atoms in total. The molecule has 0 saturated heterocycles. The van der Waals surface area contributed by atoms with Crippen molar-refractivity contribution in [3.05, 3.63) is 72.6 Å². The van der Waals surface area contributed by atoms with Gasteiger partial charge in [0.15, 0.2) is 6.10 Å². The molecule has 2 aromatic carbocycles. The lowest BCUT2D eigenvalue weighted by atomic mass is 10.2. The van der Waals surface area contributed by atoms with Gasteiger partial charge in [-0.3, -0.25) is 4.79 Å². The molecule has 3 aromatic rings. The molecule has 2 N–H and O–H groups in total. The average Bonchev–Trinajstić information content (AvgIpc) is 2.70. The summed E-state index contributed by atoms with van der Waals surface area (Å²) in [7, 11) is -3.83. The van der Waals surface area contributed by atoms with Crippen molar-refractivity contribution in [3.8, 4) is 5.75 Å². The largest absolute Gasteiger partial charge is 0.481 e. The van der Waals surface area contributed by atoms with Gasteiger partial charge in [-0.2, -0.15) is 0 Å². The van der Waals surface area contributed by atoms with E-state index in [0.717, 1.165) is 5.56 Å². The van der Waals surface area contributed by atoms with Gasteiger partial charge in [0, 0.05) is 18.1 Å². The van der Waals surface area contributed by atoms with Crippen molar-refractivity contribution >= 4 is 27.6 Å². The van der Waals surface area contributed by atoms with Gasteiger partial charge in [-0.15, -0.1) is 0 Å². The van der Waals surface area contributed by atoms with Crippen molar-refractivity contribution in [3.63, 3.8) is 0 Å². The molecule has 0 fully saturated rings. The van der Waals surface area contributed by atoms with Crippen LogP contribution < -0.4 is 14.8 Å². The Labute approximate surface area is 169 Å². The standard InChI is InChI=1S/C20H20N4O4S/c1-14-4-8-17(9-5-14)28-15(2)19(25)23-16-6-10-18(11-7-16)29(26,27)24-20-21-12-3-13-22-20/h3-13,15H,1-2H3,(H,23,25)(H,21,22,24)/t15-/m1/s1. The van der Waals surface area contributed by atoms with E-state index in [1.807, 2.05) is 19.1 Å². The van der Waals surface area contributed by atoms with E-state index in [0.29, 0.717) is 11.4 Å². The highest BCUT2D eigenvalue weighted by molar-refractivity contribution is 7.92. The van der Waals surface area contributed by atoms with Crippen molar-refractivity contribution in [2.24, 2.45) is 0 Å². The van der Waals surface area contributed by atoms with E-state index < -0.39 is 16.1 Å². The number of amides is 1. The summed E-state index contributed by atoms with van der Waals surface area (Å²) < 4.78 is 32.6. The Morgan fingerprint density at radius 3 is 2.24 bits per heavy atom. The normalized spacial score (nSPS) is 12.1. The molecule has 0 aliphatic heterocycles. The van der Waals surface area contributed by atoms with Gasteiger partial charge in [-0.1, -0.05) is 17.7 Å². The van der Waals surface area contributed by atoms with Crippen molar-refractivity contribution in [2.45, 2.75) is 24.8 Å². The summed E-state index contributed by atoms with van der Waals surface area (Å²) in [5.74, 6) is 0.220. The zero-order valence-electron chi connectivity index (χ0n) is 15.9. The second-order valence-electron chi connectivity index (χ2n) is 6.26. The first-order valence-electron chi connectivity index (χ1n) is 8.77. The van der Waals surface area contributed by atoms with Gasteiger partial charge >= 0.3 is 0 Å². The highest BCUT2D eigenvalue weighted by Gasteiger charge is 2.17. The molecular weight excluding hydrogens is 392 g/mol. The fraction of sp³-hybridized carbons (Fsp3) is 0.150. The molecule has 1 atom stereocenters. The third kappa shape index (κ3) is 5.52. The zero-order chi connectivity index (χ0) is 20.9. The van der Waals surface area contributed by atoms with Crippen LogP contribution in [0.1, 0.15) is 12.5 Å². The number of carbonyl (C=O) groups excluding carboxylic acids is 1. The molecule has 0 bridgehead atoms. The number of aromatic nitrogens is 2. The van der Waals surface area contributed by atoms with Gasteiger partial charge in [0.2, 0.25) is 5.95 Å². The predicted molar refractivity (Wildman–Crippen MR) is 109 cm³/mol. The Morgan fingerprint density at radius 2 is 1.62 bits per heavy atom. The molecule has 0 aliphatic carbocycles. The SMILES string of the molecule is Cc1ccc(O[C@H](C)C(=O)Nc2ccc(S(=O)(=O)Nc3ncccn3)cc2)cc1. The molecular formula is C20H20N4O4S. The first kappa shape index (κ1) is 20.3. The fourth-order valence-electron chi connectivity index (χ4n) is 2.37. The number of hydrogen-bond acceptors (Lipinski definition) is 6. The van der Waals surface area contributed by atoms with E-state index in [4.69, 9.17) is 4.74 Å². The van der Waals surface area contributed by atoms with E-state index in [9.17, 15) is 13.2 Å². The van der Waals surface area contributed by atoms with Crippen LogP contribution in [0.5, 0.6) is 5.75 Å². The minimum Gasteiger partial charge on any atom is -0.481 e. The minimum atomic E-state index is -3.83. The van der Waals surface area contributed by atoms with Gasteiger partial charge in [0.25, 0.3) is 15.9 Å². The summed E-state index contributed by atoms with van der Waals surface area (Å²) >= 11 is 0. The molecule has 1 heterocycles. The van der Waals surface area contributed by atoms with E-state index in [1.54, 1.807) is 25.1 Å². The second-order valence-corrected chi connectivity index (χ2v) is 7.95. The third-order valence-electron chi connectivity index (χ3n) is 3.93. The Hall–Kier alpha value is -3.46. The maximum Gasteiger partial charge on any atom is 0.265 e. The molecule has 0 unspecified atom stereocenters. The Bertz CT molecular complexity index is 1070. The highest BCUT2D eigenvalue weighted by Crippen LogP contribution is 2.18. The van der Waals surface area contributed by atoms with Gasteiger partial charge in [-0.05, 0) is 56.3 Å². The smallest absolute Gasteiger partial charge is 0.265 e. The van der Waals surface area contributed by atoms with Crippen LogP contribution in [-0.4, -0.2) is 30.4 Å². The van der Waals surface area contributed by atoms with Crippen LogP contribution >= 0.6 is 0 Å². The lowest BCUT2D eigenvalue weighted by Crippen LogP contribution is -2.30. The summed E-state index contributed by atoms with van der Waals surface area (Å²) in [4.78, 5) is 20.0. The number of benzene rings is 2. The lowest BCUT2D eigenvalue weighted by Gasteiger charge is -2.15. The van der Waals surface area contributed by atoms with Crippen LogP contribution in [0.25, 0.3) is 0 Å². The minimum absolute atomic E-state index is 0.0203. The summed E-state index contributed by atoms with van der Waals surface area (Å²) in [5, 5.41) is 2.70. The van der Waals surface area contributed by atoms with Gasteiger partial charge in [0.1, 0.15) is 5.75 Å². The molecule has 3 rings (SSSR count). The van der Waals surface area contributed by atoms with Crippen molar-refractivity contribution in [1.82, 2.24) is 9.97 Å². The van der Waals surface area contributed by atoms with Gasteiger partial charge < -0.3 is 10.1 Å². The molecule has 0 radical (unpaired) electrons. The molecule has 1 aromatic heterocycles. The van der Waals surface area contributed by atoms with E-state index in [-0.39, 0.29) is 16.8 Å². The molecule has 1 amide bonds. The van der Waals surface area contributed by atoms with Crippen LogP contribution in [-0.2, 0) is 14.8 Å². The monoisotopic (exact) mass is 412 g/mol. The number of hydrogen-bond donors (Lipinski definition) is 2. The first-order valence-corrected chi connectivity index (χ1v) is 10.3. The summed E-state index contributed by atoms with van der Waals surface area (Å²) in [6.45, 7) is 3.60. The topological polar surface area (TPSA) is 110 Å². The molecule has 0 spiro atoms. The zero-order valence-corrected chi connectivity index (χ0v) is 16.7. The molecule has 0 saturated carbocycles. The number of sulfonamides is 1. The number of carbonyl (C=O) groups is 1. The summed E-state index contributed by atoms with van der Waals surface area (Å²) in [6.07, 6.45) is 2.14. The number of nitrogens with one attached hydrogen (secondary N) is 2. The van der Waals surface area contributed by atoms with E-state index >= 15 is 0 Å². The summed E-state index contributed by atoms with van der Waals surface area (Å²) in [6, 6.07) is 14.7. The molecule has 9 heteroatoms. The number of ether oxygens (including phenoxy) is 1. The van der Waals surface area contributed by atoms with Gasteiger partial charge in [-0.25, -0.2) is 23.1 Å². The number of aryl methyl sites for hydroxylation is 1. The lowest BCUT2D eigenvalue weighted by molar-refractivity contribution is -0.122. The van der Waals surface area contributed by atoms with Crippen molar-refractivity contribution < 1.29 is 17.9 Å². The number of anilines is 2. The average molecular weight is 412 g/mol. The van der Waals surface area contributed by atoms with Crippen LogP contribution in [0.3, 0.4) is 0 Å². The Balaban J connectivity index is 1.62. The molecule has 0 aliphatic rings. The van der Waals surface area contributed by atoms with E-state index in [1.165, 1.54) is 36.7 Å². The fourth-order valence-corrected chi connectivity index (χ4v) is 3.32. The predicted octanol–water partition coefficient (Wildman–Crippen LogP) is 2.99. The third-order valence-corrected chi connectivity index (χ3v) is 5.27. The maximum atomic E-state index is 12.4. The first-order chi connectivity index (χ1) is 13.8. The van der Waals surface area contributed by atoms with E-state index in [2.05, 4.69) is 20.0 Å². The quantitative estimate of drug-likeness (QED) is 0.617. The van der Waals surface area contributed by atoms with Gasteiger partial charge in [0.05, 0.1) is 4.90 Å². The summed E-state index contributed by atoms with van der Waals surface area (Å²) in [5.41, 5.74) is 1.54. The highest BCUT2D eigenvalue weighted by atomic mass is 32.2. The maximum absolute atomic E-state index is 12.4. The second kappa shape index (κ2) is 8.70. The Kier molecular flexibility index (Phi) is 6.08. The van der Waals surface area contributed by atoms with Crippen molar-refractivity contribution in [1.29, 1.82) is 0 Å².